The zero-order chi connectivity index (χ0) is 14.7. The quantitative estimate of drug-likeness (QED) is 0.869. The topological polar surface area (TPSA) is 54.5 Å². The molecular formula is C14H20ClN3O2. The molecular weight excluding hydrogens is 278 g/mol. The van der Waals surface area contributed by atoms with E-state index in [0.717, 1.165) is 13.1 Å². The lowest BCUT2D eigenvalue weighted by Crippen LogP contribution is -2.52. The van der Waals surface area contributed by atoms with Gasteiger partial charge in [0.2, 0.25) is 5.91 Å². The van der Waals surface area contributed by atoms with Crippen LogP contribution in [0.3, 0.4) is 0 Å². The first kappa shape index (κ1) is 15.2. The predicted octanol–water partition coefficient (Wildman–Crippen LogP) is 2.17. The summed E-state index contributed by atoms with van der Waals surface area (Å²) in [5.74, 6) is -0.0822. The molecule has 1 aromatic rings. The molecule has 20 heavy (non-hydrogen) atoms. The third-order valence-corrected chi connectivity index (χ3v) is 3.69. The molecule has 0 bridgehead atoms. The van der Waals surface area contributed by atoms with Crippen molar-refractivity contribution in [2.45, 2.75) is 39.0 Å². The summed E-state index contributed by atoms with van der Waals surface area (Å²) in [5, 5.41) is 3.12. The Bertz CT molecular complexity index is 473. The molecule has 1 saturated heterocycles. The van der Waals surface area contributed by atoms with Gasteiger partial charge in [-0.2, -0.15) is 0 Å². The lowest BCUT2D eigenvalue weighted by Gasteiger charge is -2.38. The maximum atomic E-state index is 12.3. The summed E-state index contributed by atoms with van der Waals surface area (Å²) in [6, 6.07) is 3.25. The third-order valence-electron chi connectivity index (χ3n) is 3.39. The summed E-state index contributed by atoms with van der Waals surface area (Å²) in [6.07, 6.45) is 1.86. The molecule has 6 heteroatoms. The van der Waals surface area contributed by atoms with Crippen LogP contribution in [0.2, 0.25) is 5.15 Å². The standard InChI is InChI=1S/C14H20ClN3O2/c1-9-7-18(8-10(2)20-9)11(3)14(19)17-12-5-4-6-16-13(12)15/h4-6,9-11H,7-8H2,1-3H3,(H,17,19)/t9-,10-,11+/m1/s1. The van der Waals surface area contributed by atoms with Gasteiger partial charge in [0.1, 0.15) is 0 Å². The number of hydrogen-bond donors (Lipinski definition) is 1. The molecule has 2 heterocycles. The molecule has 110 valence electrons. The second-order valence-electron chi connectivity index (χ2n) is 5.22. The molecule has 1 aromatic heterocycles. The number of amides is 1. The molecule has 0 aliphatic carbocycles. The van der Waals surface area contributed by atoms with Crippen LogP contribution in [0, 0.1) is 0 Å². The van der Waals surface area contributed by atoms with Crippen molar-refractivity contribution in [2.75, 3.05) is 18.4 Å². The molecule has 0 aromatic carbocycles. The number of halogens is 1. The highest BCUT2D eigenvalue weighted by Crippen LogP contribution is 2.19. The highest BCUT2D eigenvalue weighted by atomic mass is 35.5. The van der Waals surface area contributed by atoms with Crippen LogP contribution in [0.15, 0.2) is 18.3 Å². The number of ether oxygens (including phenoxy) is 1. The van der Waals surface area contributed by atoms with Crippen LogP contribution in [0.5, 0.6) is 0 Å². The average molecular weight is 298 g/mol. The molecule has 1 aliphatic heterocycles. The Hall–Kier alpha value is -1.17. The van der Waals surface area contributed by atoms with Gasteiger partial charge in [-0.15, -0.1) is 0 Å². The number of hydrogen-bond acceptors (Lipinski definition) is 4. The summed E-state index contributed by atoms with van der Waals surface area (Å²) >= 11 is 5.95. The number of rotatable bonds is 3. The van der Waals surface area contributed by atoms with Crippen LogP contribution in [-0.2, 0) is 9.53 Å². The number of aromatic nitrogens is 1. The highest BCUT2D eigenvalue weighted by molar-refractivity contribution is 6.32. The zero-order valence-corrected chi connectivity index (χ0v) is 12.7. The number of anilines is 1. The Morgan fingerprint density at radius 1 is 1.50 bits per heavy atom. The summed E-state index contributed by atoms with van der Waals surface area (Å²) in [4.78, 5) is 18.4. The van der Waals surface area contributed by atoms with Crippen LogP contribution in [0.4, 0.5) is 5.69 Å². The number of carbonyl (C=O) groups excluding carboxylic acids is 1. The number of carbonyl (C=O) groups is 1. The molecule has 1 aliphatic rings. The third kappa shape index (κ3) is 3.69. The molecule has 0 saturated carbocycles. The van der Waals surface area contributed by atoms with Gasteiger partial charge in [-0.1, -0.05) is 11.6 Å². The first-order valence-electron chi connectivity index (χ1n) is 6.78. The molecule has 1 fully saturated rings. The first-order valence-corrected chi connectivity index (χ1v) is 7.16. The van der Waals surface area contributed by atoms with Crippen molar-refractivity contribution in [3.05, 3.63) is 23.5 Å². The van der Waals surface area contributed by atoms with E-state index in [4.69, 9.17) is 16.3 Å². The molecule has 5 nitrogen and oxygen atoms in total. The van der Waals surface area contributed by atoms with E-state index >= 15 is 0 Å². The maximum absolute atomic E-state index is 12.3. The van der Waals surface area contributed by atoms with Gasteiger partial charge in [0.25, 0.3) is 0 Å². The van der Waals surface area contributed by atoms with E-state index in [1.807, 2.05) is 20.8 Å². The number of morpholine rings is 1. The number of nitrogens with one attached hydrogen (secondary N) is 1. The van der Waals surface area contributed by atoms with Gasteiger partial charge < -0.3 is 10.1 Å². The average Bonchev–Trinajstić information content (AvgIpc) is 2.39. The van der Waals surface area contributed by atoms with Crippen LogP contribution in [0.25, 0.3) is 0 Å². The van der Waals surface area contributed by atoms with Gasteiger partial charge in [0.05, 0.1) is 23.9 Å². The Labute approximate surface area is 124 Å². The van der Waals surface area contributed by atoms with Gasteiger partial charge in [-0.05, 0) is 32.9 Å². The fraction of sp³-hybridized carbons (Fsp3) is 0.571. The molecule has 0 radical (unpaired) electrons. The summed E-state index contributed by atoms with van der Waals surface area (Å²) in [7, 11) is 0. The number of pyridine rings is 1. The fourth-order valence-electron chi connectivity index (χ4n) is 2.42. The minimum absolute atomic E-state index is 0.0822. The lowest BCUT2D eigenvalue weighted by atomic mass is 10.1. The van der Waals surface area contributed by atoms with Gasteiger partial charge in [0.15, 0.2) is 5.15 Å². The van der Waals surface area contributed by atoms with Crippen molar-refractivity contribution >= 4 is 23.2 Å². The fourth-order valence-corrected chi connectivity index (χ4v) is 2.58. The van der Waals surface area contributed by atoms with Gasteiger partial charge in [-0.3, -0.25) is 9.69 Å². The monoisotopic (exact) mass is 297 g/mol. The van der Waals surface area contributed by atoms with Crippen LogP contribution in [0.1, 0.15) is 20.8 Å². The van der Waals surface area contributed by atoms with E-state index in [0.29, 0.717) is 10.8 Å². The number of nitrogens with zero attached hydrogens (tertiary/aromatic N) is 2. The Morgan fingerprint density at radius 2 is 2.15 bits per heavy atom. The van der Waals surface area contributed by atoms with Crippen molar-refractivity contribution < 1.29 is 9.53 Å². The highest BCUT2D eigenvalue weighted by Gasteiger charge is 2.29. The predicted molar refractivity (Wildman–Crippen MR) is 78.9 cm³/mol. The summed E-state index contributed by atoms with van der Waals surface area (Å²) < 4.78 is 5.68. The van der Waals surface area contributed by atoms with Crippen molar-refractivity contribution in [1.29, 1.82) is 0 Å². The Balaban J connectivity index is 2.00. The normalized spacial score (nSPS) is 25.2. The largest absolute Gasteiger partial charge is 0.373 e. The molecule has 3 atom stereocenters. The van der Waals surface area contributed by atoms with E-state index in [2.05, 4.69) is 15.2 Å². The zero-order valence-electron chi connectivity index (χ0n) is 12.0. The summed E-state index contributed by atoms with van der Waals surface area (Å²) in [6.45, 7) is 7.43. The van der Waals surface area contributed by atoms with Crippen molar-refractivity contribution in [2.24, 2.45) is 0 Å². The summed E-state index contributed by atoms with van der Waals surface area (Å²) in [5.41, 5.74) is 0.542. The van der Waals surface area contributed by atoms with E-state index in [1.54, 1.807) is 18.3 Å². The SMILES string of the molecule is C[C@@H]1CN([C@@H](C)C(=O)Nc2cccnc2Cl)C[C@@H](C)O1. The Kier molecular flexibility index (Phi) is 4.96. The molecule has 0 spiro atoms. The maximum Gasteiger partial charge on any atom is 0.241 e. The van der Waals surface area contributed by atoms with Crippen molar-refractivity contribution in [3.8, 4) is 0 Å². The van der Waals surface area contributed by atoms with Gasteiger partial charge in [-0.25, -0.2) is 4.98 Å². The smallest absolute Gasteiger partial charge is 0.241 e. The molecule has 1 amide bonds. The van der Waals surface area contributed by atoms with Crippen LogP contribution in [-0.4, -0.2) is 47.1 Å². The second kappa shape index (κ2) is 6.52. The minimum atomic E-state index is -0.236. The molecule has 2 rings (SSSR count). The van der Waals surface area contributed by atoms with Crippen molar-refractivity contribution in [3.63, 3.8) is 0 Å². The molecule has 0 unspecified atom stereocenters. The van der Waals surface area contributed by atoms with Gasteiger partial charge >= 0.3 is 0 Å². The van der Waals surface area contributed by atoms with E-state index in [-0.39, 0.29) is 24.2 Å². The van der Waals surface area contributed by atoms with E-state index < -0.39 is 0 Å². The Morgan fingerprint density at radius 3 is 2.75 bits per heavy atom. The van der Waals surface area contributed by atoms with Crippen LogP contribution < -0.4 is 5.32 Å². The van der Waals surface area contributed by atoms with Gasteiger partial charge in [0, 0.05) is 19.3 Å². The van der Waals surface area contributed by atoms with E-state index in [1.165, 1.54) is 0 Å². The minimum Gasteiger partial charge on any atom is -0.373 e. The first-order chi connectivity index (χ1) is 9.47. The van der Waals surface area contributed by atoms with Crippen LogP contribution >= 0.6 is 11.6 Å². The molecule has 1 N–H and O–H groups in total. The van der Waals surface area contributed by atoms with E-state index in [9.17, 15) is 4.79 Å². The lowest BCUT2D eigenvalue weighted by molar-refractivity contribution is -0.126. The second-order valence-corrected chi connectivity index (χ2v) is 5.58. The van der Waals surface area contributed by atoms with Crippen molar-refractivity contribution in [1.82, 2.24) is 9.88 Å².